The van der Waals surface area contributed by atoms with E-state index in [-0.39, 0.29) is 29.6 Å². The number of thioether (sulfide) groups is 1. The molecule has 2 amide bonds. The summed E-state index contributed by atoms with van der Waals surface area (Å²) < 4.78 is 0. The molecule has 160 valence electrons. The van der Waals surface area contributed by atoms with Gasteiger partial charge in [-0.1, -0.05) is 60.2 Å². The number of benzene rings is 3. The van der Waals surface area contributed by atoms with Gasteiger partial charge in [-0.15, -0.1) is 11.8 Å². The van der Waals surface area contributed by atoms with E-state index in [2.05, 4.69) is 0 Å². The van der Waals surface area contributed by atoms with Crippen LogP contribution in [0.25, 0.3) is 5.57 Å². The van der Waals surface area contributed by atoms with Gasteiger partial charge in [-0.3, -0.25) is 24.6 Å². The first kappa shape index (κ1) is 21.5. The van der Waals surface area contributed by atoms with E-state index in [1.54, 1.807) is 0 Å². The fourth-order valence-electron chi connectivity index (χ4n) is 3.44. The Hall–Kier alpha value is -3.71. The number of carbonyl (C=O) groups excluding carboxylic acids is 2. The molecule has 0 aliphatic carbocycles. The lowest BCUT2D eigenvalue weighted by atomic mass is 10.1. The van der Waals surface area contributed by atoms with Gasteiger partial charge in [0.2, 0.25) is 0 Å². The lowest BCUT2D eigenvalue weighted by Crippen LogP contribution is -2.30. The first-order chi connectivity index (χ1) is 15.4. The fraction of sp³-hybridized carbons (Fsp3) is 0.120. The second-order valence-electron chi connectivity index (χ2n) is 7.46. The third-order valence-corrected chi connectivity index (χ3v) is 6.32. The molecular formula is C25H20N2O4S. The molecule has 0 N–H and O–H groups in total. The maximum Gasteiger partial charge on any atom is 0.269 e. The van der Waals surface area contributed by atoms with Gasteiger partial charge in [0, 0.05) is 17.9 Å². The Kier molecular flexibility index (Phi) is 6.18. The predicted molar refractivity (Wildman–Crippen MR) is 124 cm³/mol. The highest BCUT2D eigenvalue weighted by Crippen LogP contribution is 2.38. The Labute approximate surface area is 189 Å². The molecule has 0 fully saturated rings. The van der Waals surface area contributed by atoms with E-state index < -0.39 is 4.92 Å². The average molecular weight is 445 g/mol. The molecule has 0 spiro atoms. The smallest absolute Gasteiger partial charge is 0.269 e. The molecule has 0 aromatic heterocycles. The lowest BCUT2D eigenvalue weighted by molar-refractivity contribution is -0.384. The van der Waals surface area contributed by atoms with Crippen molar-refractivity contribution in [2.45, 2.75) is 19.2 Å². The van der Waals surface area contributed by atoms with Gasteiger partial charge in [0.1, 0.15) is 0 Å². The molecule has 1 aliphatic heterocycles. The van der Waals surface area contributed by atoms with Crippen molar-refractivity contribution in [1.82, 2.24) is 4.90 Å². The molecular weight excluding hydrogens is 424 g/mol. The van der Waals surface area contributed by atoms with Crippen LogP contribution >= 0.6 is 11.8 Å². The molecule has 0 saturated heterocycles. The van der Waals surface area contributed by atoms with Crippen molar-refractivity contribution in [3.63, 3.8) is 0 Å². The summed E-state index contributed by atoms with van der Waals surface area (Å²) in [6, 6.07) is 23.1. The van der Waals surface area contributed by atoms with Gasteiger partial charge in [0.05, 0.1) is 21.9 Å². The van der Waals surface area contributed by atoms with Crippen LogP contribution in [0.2, 0.25) is 0 Å². The quantitative estimate of drug-likeness (QED) is 0.287. The maximum atomic E-state index is 13.3. The highest BCUT2D eigenvalue weighted by atomic mass is 32.2. The summed E-state index contributed by atoms with van der Waals surface area (Å²) in [5, 5.41) is 11.0. The number of amides is 2. The number of aryl methyl sites for hydroxylation is 1. The molecule has 1 aliphatic rings. The Bertz CT molecular complexity index is 1200. The maximum absolute atomic E-state index is 13.3. The number of nitro benzene ring substituents is 1. The Balaban J connectivity index is 1.67. The van der Waals surface area contributed by atoms with Crippen LogP contribution < -0.4 is 0 Å². The Morgan fingerprint density at radius 3 is 2.12 bits per heavy atom. The number of non-ortho nitro benzene ring substituents is 1. The third kappa shape index (κ3) is 4.48. The van der Waals surface area contributed by atoms with Crippen LogP contribution in [0.1, 0.15) is 22.3 Å². The topological polar surface area (TPSA) is 80.5 Å². The van der Waals surface area contributed by atoms with Gasteiger partial charge >= 0.3 is 0 Å². The summed E-state index contributed by atoms with van der Waals surface area (Å²) in [6.45, 7) is 2.15. The van der Waals surface area contributed by atoms with Gasteiger partial charge in [-0.25, -0.2) is 0 Å². The Morgan fingerprint density at radius 1 is 0.844 bits per heavy atom. The van der Waals surface area contributed by atoms with Crippen LogP contribution in [0, 0.1) is 17.0 Å². The summed E-state index contributed by atoms with van der Waals surface area (Å²) in [5.74, 6) is -0.200. The zero-order chi connectivity index (χ0) is 22.7. The van der Waals surface area contributed by atoms with Crippen molar-refractivity contribution in [3.05, 3.63) is 116 Å². The zero-order valence-corrected chi connectivity index (χ0v) is 18.2. The largest absolute Gasteiger partial charge is 0.269 e. The van der Waals surface area contributed by atoms with Crippen LogP contribution in [0.3, 0.4) is 0 Å². The summed E-state index contributed by atoms with van der Waals surface area (Å²) in [4.78, 5) is 38.7. The molecule has 0 radical (unpaired) electrons. The summed E-state index contributed by atoms with van der Waals surface area (Å²) in [5.41, 5.74) is 3.70. The first-order valence-corrected chi connectivity index (χ1v) is 11.0. The minimum atomic E-state index is -0.492. The SMILES string of the molecule is Cc1ccc(CN2C(=O)C(SCc3ccccc3)=C(c3ccc([N+](=O)[O-])cc3)C2=O)cc1. The summed E-state index contributed by atoms with van der Waals surface area (Å²) >= 11 is 1.31. The van der Waals surface area contributed by atoms with Crippen LogP contribution in [-0.4, -0.2) is 21.6 Å². The van der Waals surface area contributed by atoms with E-state index in [4.69, 9.17) is 0 Å². The molecule has 0 unspecified atom stereocenters. The fourth-order valence-corrected chi connectivity index (χ4v) is 4.53. The van der Waals surface area contributed by atoms with Gasteiger partial charge in [-0.05, 0) is 35.7 Å². The van der Waals surface area contributed by atoms with Crippen molar-refractivity contribution in [3.8, 4) is 0 Å². The van der Waals surface area contributed by atoms with Crippen molar-refractivity contribution < 1.29 is 14.5 Å². The van der Waals surface area contributed by atoms with Crippen LogP contribution in [0.15, 0.2) is 83.8 Å². The minimum absolute atomic E-state index is 0.0684. The molecule has 1 heterocycles. The van der Waals surface area contributed by atoms with Gasteiger partial charge in [0.25, 0.3) is 17.5 Å². The molecule has 4 rings (SSSR count). The standard InChI is InChI=1S/C25H20N2O4S/c1-17-7-9-18(10-8-17)15-26-24(28)22(20-11-13-21(14-12-20)27(30)31)23(25(26)29)32-16-19-5-3-2-4-6-19/h2-14H,15-16H2,1H3. The molecule has 3 aromatic rings. The minimum Gasteiger partial charge on any atom is -0.269 e. The molecule has 0 bridgehead atoms. The Morgan fingerprint density at radius 2 is 1.50 bits per heavy atom. The highest BCUT2D eigenvalue weighted by Gasteiger charge is 2.39. The zero-order valence-electron chi connectivity index (χ0n) is 17.4. The number of nitro groups is 1. The van der Waals surface area contributed by atoms with E-state index >= 15 is 0 Å². The van der Waals surface area contributed by atoms with Gasteiger partial charge in [0.15, 0.2) is 0 Å². The molecule has 0 atom stereocenters. The number of carbonyl (C=O) groups is 2. The summed E-state index contributed by atoms with van der Waals surface area (Å²) in [6.07, 6.45) is 0. The number of hydrogen-bond acceptors (Lipinski definition) is 5. The van der Waals surface area contributed by atoms with E-state index in [1.807, 2.05) is 61.5 Å². The number of imide groups is 1. The third-order valence-electron chi connectivity index (χ3n) is 5.18. The molecule has 3 aromatic carbocycles. The number of nitrogens with zero attached hydrogens (tertiary/aromatic N) is 2. The lowest BCUT2D eigenvalue weighted by Gasteiger charge is -2.15. The van der Waals surface area contributed by atoms with Crippen molar-refractivity contribution in [2.24, 2.45) is 0 Å². The normalized spacial score (nSPS) is 13.7. The number of rotatable bonds is 7. The van der Waals surface area contributed by atoms with Crippen molar-refractivity contribution >= 4 is 34.8 Å². The molecule has 0 saturated carbocycles. The van der Waals surface area contributed by atoms with E-state index in [0.717, 1.165) is 16.7 Å². The molecule has 32 heavy (non-hydrogen) atoms. The number of hydrogen-bond donors (Lipinski definition) is 0. The van der Waals surface area contributed by atoms with Crippen LogP contribution in [0.4, 0.5) is 5.69 Å². The second-order valence-corrected chi connectivity index (χ2v) is 8.45. The van der Waals surface area contributed by atoms with Crippen molar-refractivity contribution in [1.29, 1.82) is 0 Å². The van der Waals surface area contributed by atoms with E-state index in [9.17, 15) is 19.7 Å². The first-order valence-electron chi connectivity index (χ1n) is 10.0. The van der Waals surface area contributed by atoms with Crippen LogP contribution in [0.5, 0.6) is 0 Å². The van der Waals surface area contributed by atoms with Crippen molar-refractivity contribution in [2.75, 3.05) is 0 Å². The van der Waals surface area contributed by atoms with Crippen LogP contribution in [-0.2, 0) is 21.9 Å². The highest BCUT2D eigenvalue weighted by molar-refractivity contribution is 8.03. The van der Waals surface area contributed by atoms with E-state index in [1.165, 1.54) is 40.9 Å². The predicted octanol–water partition coefficient (Wildman–Crippen LogP) is 5.12. The average Bonchev–Trinajstić information content (AvgIpc) is 3.04. The van der Waals surface area contributed by atoms with E-state index in [0.29, 0.717) is 16.2 Å². The molecule has 7 heteroatoms. The monoisotopic (exact) mass is 444 g/mol. The second kappa shape index (κ2) is 9.20. The van der Waals surface area contributed by atoms with Gasteiger partial charge < -0.3 is 0 Å². The molecule has 6 nitrogen and oxygen atoms in total. The summed E-state index contributed by atoms with van der Waals surface area (Å²) in [7, 11) is 0. The van der Waals surface area contributed by atoms with Gasteiger partial charge in [-0.2, -0.15) is 0 Å².